The van der Waals surface area contributed by atoms with Crippen molar-refractivity contribution in [3.63, 3.8) is 0 Å². The van der Waals surface area contributed by atoms with Gasteiger partial charge in [-0.25, -0.2) is 0 Å². The van der Waals surface area contributed by atoms with Crippen molar-refractivity contribution in [2.24, 2.45) is 0 Å². The van der Waals surface area contributed by atoms with Gasteiger partial charge in [-0.15, -0.1) is 24.8 Å². The summed E-state index contributed by atoms with van der Waals surface area (Å²) in [6, 6.07) is 54.3. The molecule has 2 aliphatic carbocycles. The Hall–Kier alpha value is -3.52. The maximum atomic E-state index is 2.81. The minimum atomic E-state index is -4.38. The number of hydrogen-bond acceptors (Lipinski definition) is 0. The molecule has 0 spiro atoms. The van der Waals surface area contributed by atoms with Crippen molar-refractivity contribution in [3.05, 3.63) is 179 Å². The monoisotopic (exact) mass is 866 g/mol. The van der Waals surface area contributed by atoms with E-state index in [1.54, 1.807) is 14.4 Å². The van der Waals surface area contributed by atoms with E-state index in [4.69, 9.17) is 0 Å². The van der Waals surface area contributed by atoms with Crippen molar-refractivity contribution in [2.75, 3.05) is 0 Å². The van der Waals surface area contributed by atoms with Crippen molar-refractivity contribution < 1.29 is 17.4 Å². The second-order valence-corrected chi connectivity index (χ2v) is 45.3. The molecular weight excluding hydrogens is 815 g/mol. The maximum Gasteiger partial charge on any atom is -0.147 e. The van der Waals surface area contributed by atoms with Gasteiger partial charge in [0.1, 0.15) is 0 Å². The molecule has 7 aromatic carbocycles. The third-order valence-corrected chi connectivity index (χ3v) is 36.5. The van der Waals surface area contributed by atoms with Crippen molar-refractivity contribution in [1.29, 1.82) is 0 Å². The normalized spacial score (nSPS) is 15.4. The molecule has 4 heteroatoms. The molecule has 0 amide bonds. The topological polar surface area (TPSA) is 0 Å². The molecular formula is C52H54Cl2SiZr. The van der Waals surface area contributed by atoms with Gasteiger partial charge in [0.05, 0.1) is 0 Å². The fraction of sp³-hybridized carbons (Fsp3) is 0.231. The maximum absolute atomic E-state index is 4.38. The van der Waals surface area contributed by atoms with Crippen LogP contribution in [-0.2, 0) is 28.2 Å². The molecule has 0 aliphatic heterocycles. The molecule has 0 saturated carbocycles. The molecule has 0 fully saturated rings. The van der Waals surface area contributed by atoms with Crippen LogP contribution < -0.4 is 3.27 Å². The van der Waals surface area contributed by atoms with Crippen LogP contribution >= 0.6 is 24.8 Å². The Labute approximate surface area is 349 Å². The molecule has 0 nitrogen and oxygen atoms in total. The summed E-state index contributed by atoms with van der Waals surface area (Å²) in [5.41, 5.74) is 16.0. The predicted octanol–water partition coefficient (Wildman–Crippen LogP) is 13.9. The van der Waals surface area contributed by atoms with Crippen molar-refractivity contribution in [1.82, 2.24) is 0 Å². The summed E-state index contributed by atoms with van der Waals surface area (Å²) in [5, 5.41) is 5.26. The van der Waals surface area contributed by atoms with Crippen LogP contribution in [0.3, 0.4) is 0 Å². The van der Waals surface area contributed by atoms with Gasteiger partial charge >= 0.3 is 327 Å². The molecule has 0 radical (unpaired) electrons. The van der Waals surface area contributed by atoms with Gasteiger partial charge in [0.25, 0.3) is 0 Å². The Kier molecular flexibility index (Phi) is 10.2. The van der Waals surface area contributed by atoms with Crippen LogP contribution in [0.4, 0.5) is 0 Å². The summed E-state index contributed by atoms with van der Waals surface area (Å²) in [4.78, 5) is 0. The first-order valence-corrected chi connectivity index (χ1v) is 32.2. The zero-order chi connectivity index (χ0) is 37.8. The summed E-state index contributed by atoms with van der Waals surface area (Å²) >= 11 is -4.38. The van der Waals surface area contributed by atoms with Crippen LogP contribution in [0, 0.1) is 0 Å². The minimum absolute atomic E-state index is 0. The molecule has 7 aromatic rings. The zero-order valence-electron chi connectivity index (χ0n) is 34.0. The number of fused-ring (bicyclic) bond motifs is 7. The van der Waals surface area contributed by atoms with Crippen molar-refractivity contribution in [2.45, 2.75) is 71.2 Å². The molecule has 56 heavy (non-hydrogen) atoms. The zero-order valence-corrected chi connectivity index (χ0v) is 39.5. The smallest absolute Gasteiger partial charge is 0.147 e. The Balaban J connectivity index is 0.00000240. The van der Waals surface area contributed by atoms with E-state index in [1.807, 2.05) is 0 Å². The Bertz CT molecular complexity index is 2720. The quantitative estimate of drug-likeness (QED) is 0.122. The van der Waals surface area contributed by atoms with Gasteiger partial charge in [-0.2, -0.15) is 0 Å². The van der Waals surface area contributed by atoms with E-state index in [2.05, 4.69) is 206 Å². The van der Waals surface area contributed by atoms with Gasteiger partial charge in [0, 0.05) is 0 Å². The van der Waals surface area contributed by atoms with E-state index >= 15 is 0 Å². The molecule has 0 heterocycles. The van der Waals surface area contributed by atoms with Gasteiger partial charge in [-0.3, -0.25) is 0 Å². The Morgan fingerprint density at radius 3 is 1.62 bits per heavy atom. The number of hydrogen-bond donors (Lipinski definition) is 0. The number of allylic oxidation sites excluding steroid dienone is 2. The number of halogens is 2. The molecule has 9 rings (SSSR count). The second kappa shape index (κ2) is 14.1. The molecule has 2 aliphatic rings. The molecule has 0 bridgehead atoms. The van der Waals surface area contributed by atoms with Crippen LogP contribution in [0.1, 0.15) is 89.1 Å². The van der Waals surface area contributed by atoms with E-state index in [1.165, 1.54) is 71.6 Å². The summed E-state index contributed by atoms with van der Waals surface area (Å²) in [6.45, 7) is 19.0. The number of benzene rings is 7. The van der Waals surface area contributed by atoms with Gasteiger partial charge in [0.2, 0.25) is 0 Å². The second-order valence-electron chi connectivity index (χ2n) is 18.9. The van der Waals surface area contributed by atoms with Gasteiger partial charge in [-0.05, 0) is 0 Å². The van der Waals surface area contributed by atoms with Crippen LogP contribution in [0.15, 0.2) is 146 Å². The third kappa shape index (κ3) is 6.09. The van der Waals surface area contributed by atoms with E-state index in [-0.39, 0.29) is 35.6 Å². The summed E-state index contributed by atoms with van der Waals surface area (Å²) in [7, 11) is 0. The van der Waals surface area contributed by atoms with Crippen molar-refractivity contribution >= 4 is 62.1 Å². The average Bonchev–Trinajstić information content (AvgIpc) is 3.69. The minimum Gasteiger partial charge on any atom is -0.147 e. The fourth-order valence-electron chi connectivity index (χ4n) is 10.4. The standard InChI is InChI=1S/C24H17.C21H25.C6H5.CH3.2ClH.H2Si.Zr/c1-16-13-14-17-8-6-12-22(24(16)17)23-15-18-7-2-3-9-19(18)20-10-4-5-11-21(20)23;1-20(2,3)16-7-9-18-14(12-16)11-15-13-17(21(4,5)6)8-10-19(15)18;1-2-4-6-5-3-1;;;;;/h2-15H,1H3;7-13H,1-6H3;1-5H;1H3;2*1H;1H2;. The molecule has 0 aromatic heterocycles. The van der Waals surface area contributed by atoms with E-state index in [0.717, 1.165) is 0 Å². The molecule has 284 valence electrons. The first-order chi connectivity index (χ1) is 25.7. The van der Waals surface area contributed by atoms with Gasteiger partial charge in [0.15, 0.2) is 0 Å². The van der Waals surface area contributed by atoms with Crippen LogP contribution in [-0.4, -0.2) is 6.88 Å². The SMILES string of the molecule is CC1=C[CH]([Zr]([CH3])(=[SiH2])([c]2ccccc2)[CH]2c3cc(C(C)(C)C)ccc3-c3ccc(C(C)(C)C)cc32)c2cccc(-c3cc4ccccc4c4ccccc34)c21.Cl.Cl. The Morgan fingerprint density at radius 2 is 1.04 bits per heavy atom. The Morgan fingerprint density at radius 1 is 0.500 bits per heavy atom. The fourth-order valence-corrected chi connectivity index (χ4v) is 31.7. The predicted molar refractivity (Wildman–Crippen MR) is 249 cm³/mol. The van der Waals surface area contributed by atoms with Gasteiger partial charge in [-0.1, -0.05) is 0 Å². The van der Waals surface area contributed by atoms with Crippen LogP contribution in [0.2, 0.25) is 4.63 Å². The first kappa shape index (κ1) is 40.7. The van der Waals surface area contributed by atoms with Crippen LogP contribution in [0.25, 0.3) is 49.4 Å². The molecule has 1 unspecified atom stereocenters. The molecule has 1 atom stereocenters. The van der Waals surface area contributed by atoms with E-state index < -0.39 is 17.4 Å². The third-order valence-electron chi connectivity index (χ3n) is 13.3. The summed E-state index contributed by atoms with van der Waals surface area (Å²) in [6.07, 6.45) is 2.72. The summed E-state index contributed by atoms with van der Waals surface area (Å²) < 4.78 is 5.06. The first-order valence-electron chi connectivity index (χ1n) is 19.8. The molecule has 0 N–H and O–H groups in total. The summed E-state index contributed by atoms with van der Waals surface area (Å²) in [5.74, 6) is 0. The van der Waals surface area contributed by atoms with E-state index in [0.29, 0.717) is 7.25 Å². The van der Waals surface area contributed by atoms with Crippen molar-refractivity contribution in [3.8, 4) is 22.3 Å². The van der Waals surface area contributed by atoms with E-state index in [9.17, 15) is 0 Å². The van der Waals surface area contributed by atoms with Gasteiger partial charge < -0.3 is 0 Å². The molecule has 0 saturated heterocycles. The average molecular weight is 869 g/mol. The number of rotatable bonds is 4. The largest absolute Gasteiger partial charge is 0.147 e. The van der Waals surface area contributed by atoms with Crippen LogP contribution in [0.5, 0.6) is 0 Å².